The Bertz CT molecular complexity index is 659. The fraction of sp³-hybridized carbons (Fsp3) is 0.529. The van der Waals surface area contributed by atoms with Crippen LogP contribution < -0.4 is 5.32 Å². The highest BCUT2D eigenvalue weighted by Crippen LogP contribution is 2.33. The third kappa shape index (κ3) is 5.60. The number of nitrogens with one attached hydrogen (secondary N) is 1. The molecule has 1 fully saturated rings. The molecule has 0 unspecified atom stereocenters. The van der Waals surface area contributed by atoms with Crippen LogP contribution in [0.15, 0.2) is 18.2 Å². The predicted octanol–water partition coefficient (Wildman–Crippen LogP) is 3.57. The van der Waals surface area contributed by atoms with Crippen LogP contribution in [0, 0.1) is 5.92 Å². The van der Waals surface area contributed by atoms with E-state index in [1.807, 2.05) is 4.90 Å². The van der Waals surface area contributed by atoms with E-state index in [1.54, 1.807) is 6.92 Å². The Morgan fingerprint density at radius 3 is 2.50 bits per heavy atom. The van der Waals surface area contributed by atoms with Gasteiger partial charge in [0.1, 0.15) is 0 Å². The number of hydrogen-bond donors (Lipinski definition) is 1. The minimum Gasteiger partial charge on any atom is -0.466 e. The Hall–Kier alpha value is -1.80. The SMILES string of the molecule is CCOC(=O)C1CCN(CC(=O)Nc2ccc(C(F)(F)F)cc2Cl)CC1. The van der Waals surface area contributed by atoms with Crippen LogP contribution in [-0.2, 0) is 20.5 Å². The number of rotatable bonds is 5. The second-order valence-corrected chi connectivity index (χ2v) is 6.45. The second kappa shape index (κ2) is 8.73. The molecule has 1 aromatic carbocycles. The van der Waals surface area contributed by atoms with Gasteiger partial charge in [-0.1, -0.05) is 11.6 Å². The van der Waals surface area contributed by atoms with E-state index in [0.717, 1.165) is 18.2 Å². The van der Waals surface area contributed by atoms with Gasteiger partial charge in [-0.3, -0.25) is 14.5 Å². The molecule has 26 heavy (non-hydrogen) atoms. The Morgan fingerprint density at radius 1 is 1.31 bits per heavy atom. The molecule has 0 radical (unpaired) electrons. The summed E-state index contributed by atoms with van der Waals surface area (Å²) in [5.74, 6) is -0.743. The van der Waals surface area contributed by atoms with Crippen molar-refractivity contribution in [1.29, 1.82) is 0 Å². The van der Waals surface area contributed by atoms with Gasteiger partial charge < -0.3 is 10.1 Å². The standard InChI is InChI=1S/C17H20ClF3N2O3/c1-2-26-16(25)11-5-7-23(8-6-11)10-15(24)22-14-4-3-12(9-13(14)18)17(19,20)21/h3-4,9,11H,2,5-8,10H2,1H3,(H,22,24). The monoisotopic (exact) mass is 392 g/mol. The number of benzene rings is 1. The molecule has 0 aromatic heterocycles. The van der Waals surface area contributed by atoms with Crippen LogP contribution in [0.25, 0.3) is 0 Å². The number of ether oxygens (including phenoxy) is 1. The molecule has 1 aliphatic rings. The van der Waals surface area contributed by atoms with Gasteiger partial charge in [-0.15, -0.1) is 0 Å². The Balaban J connectivity index is 1.85. The zero-order chi connectivity index (χ0) is 19.3. The molecule has 0 bridgehead atoms. The summed E-state index contributed by atoms with van der Waals surface area (Å²) < 4.78 is 42.9. The number of likely N-dealkylation sites (tertiary alicyclic amines) is 1. The summed E-state index contributed by atoms with van der Waals surface area (Å²) in [5, 5.41) is 2.35. The van der Waals surface area contributed by atoms with Gasteiger partial charge >= 0.3 is 12.1 Å². The van der Waals surface area contributed by atoms with Crippen molar-refractivity contribution in [3.8, 4) is 0 Å². The highest BCUT2D eigenvalue weighted by atomic mass is 35.5. The summed E-state index contributed by atoms with van der Waals surface area (Å²) >= 11 is 5.83. The number of anilines is 1. The maximum absolute atomic E-state index is 12.6. The molecule has 1 amide bonds. The molecule has 0 spiro atoms. The van der Waals surface area contributed by atoms with Crippen LogP contribution in [-0.4, -0.2) is 43.0 Å². The third-order valence-corrected chi connectivity index (χ3v) is 4.46. The van der Waals surface area contributed by atoms with Crippen molar-refractivity contribution in [1.82, 2.24) is 4.90 Å². The van der Waals surface area contributed by atoms with Gasteiger partial charge in [0, 0.05) is 0 Å². The lowest BCUT2D eigenvalue weighted by Crippen LogP contribution is -2.41. The van der Waals surface area contributed by atoms with Gasteiger partial charge in [0.15, 0.2) is 0 Å². The van der Waals surface area contributed by atoms with Crippen LogP contribution in [0.4, 0.5) is 18.9 Å². The first-order chi connectivity index (χ1) is 12.2. The Kier molecular flexibility index (Phi) is 6.88. The highest BCUT2D eigenvalue weighted by Gasteiger charge is 2.31. The Labute approximate surface area is 154 Å². The minimum atomic E-state index is -4.49. The normalized spacial score (nSPS) is 16.3. The van der Waals surface area contributed by atoms with Crippen molar-refractivity contribution in [2.75, 3.05) is 31.6 Å². The van der Waals surface area contributed by atoms with Crippen molar-refractivity contribution in [3.63, 3.8) is 0 Å². The summed E-state index contributed by atoms with van der Waals surface area (Å²) in [4.78, 5) is 25.7. The average Bonchev–Trinajstić information content (AvgIpc) is 2.56. The molecule has 2 rings (SSSR count). The van der Waals surface area contributed by atoms with Gasteiger partial charge in [0.25, 0.3) is 0 Å². The van der Waals surface area contributed by atoms with Gasteiger partial charge in [0.2, 0.25) is 5.91 Å². The molecule has 1 aliphatic heterocycles. The van der Waals surface area contributed by atoms with Crippen molar-refractivity contribution >= 4 is 29.2 Å². The molecule has 5 nitrogen and oxygen atoms in total. The molecule has 9 heteroatoms. The maximum Gasteiger partial charge on any atom is 0.416 e. The molecular formula is C17H20ClF3N2O3. The lowest BCUT2D eigenvalue weighted by Gasteiger charge is -2.30. The topological polar surface area (TPSA) is 58.6 Å². The molecule has 1 N–H and O–H groups in total. The van der Waals surface area contributed by atoms with E-state index in [1.165, 1.54) is 0 Å². The smallest absolute Gasteiger partial charge is 0.416 e. The van der Waals surface area contributed by atoms with E-state index in [-0.39, 0.29) is 35.0 Å². The van der Waals surface area contributed by atoms with Gasteiger partial charge in [0.05, 0.1) is 35.3 Å². The minimum absolute atomic E-state index is 0.0763. The summed E-state index contributed by atoms with van der Waals surface area (Å²) in [5.41, 5.74) is -0.743. The number of carbonyl (C=O) groups excluding carboxylic acids is 2. The number of nitrogens with zero attached hydrogens (tertiary/aromatic N) is 1. The van der Waals surface area contributed by atoms with E-state index < -0.39 is 11.7 Å². The van der Waals surface area contributed by atoms with E-state index in [4.69, 9.17) is 16.3 Å². The molecule has 1 aromatic rings. The molecule has 0 saturated carbocycles. The molecule has 1 heterocycles. The van der Waals surface area contributed by atoms with Crippen molar-refractivity contribution < 1.29 is 27.5 Å². The van der Waals surface area contributed by atoms with Crippen LogP contribution in [0.5, 0.6) is 0 Å². The quantitative estimate of drug-likeness (QED) is 0.778. The van der Waals surface area contributed by atoms with E-state index in [2.05, 4.69) is 5.32 Å². The first-order valence-corrected chi connectivity index (χ1v) is 8.64. The first-order valence-electron chi connectivity index (χ1n) is 8.26. The van der Waals surface area contributed by atoms with E-state index >= 15 is 0 Å². The van der Waals surface area contributed by atoms with Gasteiger partial charge in [-0.2, -0.15) is 13.2 Å². The van der Waals surface area contributed by atoms with Crippen LogP contribution in [0.2, 0.25) is 5.02 Å². The van der Waals surface area contributed by atoms with E-state index in [0.29, 0.717) is 32.5 Å². The average molecular weight is 393 g/mol. The molecule has 144 valence electrons. The third-order valence-electron chi connectivity index (χ3n) is 4.15. The first kappa shape index (κ1) is 20.5. The molecular weight excluding hydrogens is 373 g/mol. The number of esters is 1. The lowest BCUT2D eigenvalue weighted by atomic mass is 9.97. The van der Waals surface area contributed by atoms with Crippen molar-refractivity contribution in [3.05, 3.63) is 28.8 Å². The highest BCUT2D eigenvalue weighted by molar-refractivity contribution is 6.33. The lowest BCUT2D eigenvalue weighted by molar-refractivity contribution is -0.149. The number of halogens is 4. The van der Waals surface area contributed by atoms with Crippen molar-refractivity contribution in [2.24, 2.45) is 5.92 Å². The summed E-state index contributed by atoms with van der Waals surface area (Å²) in [6.07, 6.45) is -3.28. The summed E-state index contributed by atoms with van der Waals surface area (Å²) in [6, 6.07) is 2.78. The number of amides is 1. The fourth-order valence-corrected chi connectivity index (χ4v) is 3.00. The van der Waals surface area contributed by atoms with Crippen LogP contribution in [0.1, 0.15) is 25.3 Å². The van der Waals surface area contributed by atoms with Gasteiger partial charge in [-0.25, -0.2) is 0 Å². The largest absolute Gasteiger partial charge is 0.466 e. The molecule has 0 aliphatic carbocycles. The zero-order valence-electron chi connectivity index (χ0n) is 14.2. The van der Waals surface area contributed by atoms with Crippen LogP contribution in [0.3, 0.4) is 0 Å². The summed E-state index contributed by atoms with van der Waals surface area (Å²) in [7, 11) is 0. The van der Waals surface area contributed by atoms with Gasteiger partial charge in [-0.05, 0) is 51.1 Å². The molecule has 0 atom stereocenters. The maximum atomic E-state index is 12.6. The zero-order valence-corrected chi connectivity index (χ0v) is 15.0. The number of alkyl halides is 3. The number of piperidine rings is 1. The number of hydrogen-bond acceptors (Lipinski definition) is 4. The van der Waals surface area contributed by atoms with Crippen molar-refractivity contribution in [2.45, 2.75) is 25.9 Å². The predicted molar refractivity (Wildman–Crippen MR) is 90.9 cm³/mol. The van der Waals surface area contributed by atoms with Crippen LogP contribution >= 0.6 is 11.6 Å². The number of carbonyl (C=O) groups is 2. The second-order valence-electron chi connectivity index (χ2n) is 6.04. The Morgan fingerprint density at radius 2 is 1.96 bits per heavy atom. The molecule has 1 saturated heterocycles. The fourth-order valence-electron chi connectivity index (χ4n) is 2.77. The summed E-state index contributed by atoms with van der Waals surface area (Å²) in [6.45, 7) is 3.31. The van der Waals surface area contributed by atoms with E-state index in [9.17, 15) is 22.8 Å².